The van der Waals surface area contributed by atoms with Gasteiger partial charge in [-0.3, -0.25) is 0 Å². The molecular weight excluding hydrogens is 228 g/mol. The second-order valence-electron chi connectivity index (χ2n) is 7.37. The van der Waals surface area contributed by atoms with Gasteiger partial charge in [0.15, 0.2) is 0 Å². The molecule has 3 aliphatic carbocycles. The number of benzene rings is 1. The maximum absolute atomic E-state index is 2.46. The largest absolute Gasteiger partial charge is 0.0622 e. The van der Waals surface area contributed by atoms with Crippen molar-refractivity contribution in [2.75, 3.05) is 0 Å². The maximum Gasteiger partial charge on any atom is -0.00466 e. The van der Waals surface area contributed by atoms with Gasteiger partial charge in [0.05, 0.1) is 0 Å². The molecule has 0 heteroatoms. The lowest BCUT2D eigenvalue weighted by molar-refractivity contribution is 0.0421. The lowest BCUT2D eigenvalue weighted by Gasteiger charge is -2.51. The van der Waals surface area contributed by atoms with Gasteiger partial charge in [-0.2, -0.15) is 0 Å². The molecule has 0 saturated heterocycles. The van der Waals surface area contributed by atoms with Crippen molar-refractivity contribution in [1.82, 2.24) is 0 Å². The molecule has 1 aromatic rings. The zero-order valence-corrected chi connectivity index (χ0v) is 12.6. The monoisotopic (exact) mass is 256 g/mol. The maximum atomic E-state index is 2.46. The van der Waals surface area contributed by atoms with Gasteiger partial charge in [0.2, 0.25) is 0 Å². The molecule has 0 unspecified atom stereocenters. The zero-order chi connectivity index (χ0) is 13.3. The van der Waals surface area contributed by atoms with Gasteiger partial charge < -0.3 is 0 Å². The van der Waals surface area contributed by atoms with Crippen LogP contribution in [-0.4, -0.2) is 0 Å². The van der Waals surface area contributed by atoms with Crippen molar-refractivity contribution in [1.29, 1.82) is 0 Å². The first-order valence-corrected chi connectivity index (χ1v) is 8.23. The highest BCUT2D eigenvalue weighted by molar-refractivity contribution is 5.27. The van der Waals surface area contributed by atoms with E-state index >= 15 is 0 Å². The molecule has 0 N–H and O–H groups in total. The predicted octanol–water partition coefficient (Wildman–Crippen LogP) is 5.71. The Morgan fingerprint density at radius 3 is 2.05 bits per heavy atom. The summed E-state index contributed by atoms with van der Waals surface area (Å²) in [6, 6.07) is 11.4. The van der Waals surface area contributed by atoms with Gasteiger partial charge in [0, 0.05) is 0 Å². The Balaban J connectivity index is 1.90. The summed E-state index contributed by atoms with van der Waals surface area (Å²) in [4.78, 5) is 0. The Hall–Kier alpha value is -0.780. The standard InChI is InChI=1S/C19H28/c1-16(2)18-10-6-7-11-19(14-12-18,15-13-18)17-8-4-3-5-9-17/h3-5,8-9,16H,6-7,10-15H2,1-2H3. The van der Waals surface area contributed by atoms with Gasteiger partial charge in [-0.15, -0.1) is 0 Å². The molecule has 4 rings (SSSR count). The van der Waals surface area contributed by atoms with E-state index in [9.17, 15) is 0 Å². The third-order valence-corrected chi connectivity index (χ3v) is 6.39. The molecule has 0 radical (unpaired) electrons. The molecule has 0 heterocycles. The Labute approximate surface area is 118 Å². The van der Waals surface area contributed by atoms with Crippen LogP contribution in [0, 0.1) is 11.3 Å². The Morgan fingerprint density at radius 2 is 1.42 bits per heavy atom. The summed E-state index contributed by atoms with van der Waals surface area (Å²) in [5, 5.41) is 0. The van der Waals surface area contributed by atoms with Crippen LogP contribution in [-0.2, 0) is 5.41 Å². The average molecular weight is 256 g/mol. The Morgan fingerprint density at radius 1 is 0.789 bits per heavy atom. The van der Waals surface area contributed by atoms with Crippen molar-refractivity contribution >= 4 is 0 Å². The molecule has 104 valence electrons. The Bertz CT molecular complexity index is 407. The lowest BCUT2D eigenvalue weighted by atomic mass is 9.53. The van der Waals surface area contributed by atoms with Gasteiger partial charge in [-0.05, 0) is 60.8 Å². The minimum absolute atomic E-state index is 0.514. The highest BCUT2D eigenvalue weighted by Crippen LogP contribution is 2.56. The fraction of sp³-hybridized carbons (Fsp3) is 0.684. The zero-order valence-electron chi connectivity index (χ0n) is 12.6. The van der Waals surface area contributed by atoms with E-state index in [4.69, 9.17) is 0 Å². The molecular formula is C19H28. The van der Waals surface area contributed by atoms with E-state index in [-0.39, 0.29) is 0 Å². The van der Waals surface area contributed by atoms with Crippen molar-refractivity contribution < 1.29 is 0 Å². The molecule has 1 aromatic carbocycles. The van der Waals surface area contributed by atoms with Crippen LogP contribution in [0.4, 0.5) is 0 Å². The number of hydrogen-bond donors (Lipinski definition) is 0. The highest BCUT2D eigenvalue weighted by Gasteiger charge is 2.45. The van der Waals surface area contributed by atoms with Crippen LogP contribution in [0.1, 0.15) is 70.8 Å². The van der Waals surface area contributed by atoms with Crippen LogP contribution in [0.3, 0.4) is 0 Å². The Kier molecular flexibility index (Phi) is 3.45. The SMILES string of the molecule is CC(C)C12CCCCC(c3ccccc3)(CC1)CC2. The summed E-state index contributed by atoms with van der Waals surface area (Å²) in [7, 11) is 0. The van der Waals surface area contributed by atoms with Crippen LogP contribution >= 0.6 is 0 Å². The second kappa shape index (κ2) is 4.96. The molecule has 2 bridgehead atoms. The second-order valence-corrected chi connectivity index (χ2v) is 7.37. The first-order valence-electron chi connectivity index (χ1n) is 8.23. The molecule has 0 spiro atoms. The van der Waals surface area contributed by atoms with E-state index in [1.165, 1.54) is 51.4 Å². The quantitative estimate of drug-likeness (QED) is 0.635. The summed E-state index contributed by atoms with van der Waals surface area (Å²) in [6.07, 6.45) is 11.6. The molecule has 19 heavy (non-hydrogen) atoms. The fourth-order valence-corrected chi connectivity index (χ4v) is 4.76. The predicted molar refractivity (Wildman–Crippen MR) is 82.3 cm³/mol. The fourth-order valence-electron chi connectivity index (χ4n) is 4.76. The van der Waals surface area contributed by atoms with Gasteiger partial charge in [-0.25, -0.2) is 0 Å². The van der Waals surface area contributed by atoms with E-state index in [1.807, 2.05) is 0 Å². The number of rotatable bonds is 2. The van der Waals surface area contributed by atoms with Crippen LogP contribution < -0.4 is 0 Å². The molecule has 3 fully saturated rings. The molecule has 0 atom stereocenters. The van der Waals surface area contributed by atoms with E-state index in [2.05, 4.69) is 44.2 Å². The van der Waals surface area contributed by atoms with Crippen molar-refractivity contribution in [2.45, 2.75) is 70.6 Å². The van der Waals surface area contributed by atoms with Crippen LogP contribution in [0.5, 0.6) is 0 Å². The third kappa shape index (κ3) is 2.24. The summed E-state index contributed by atoms with van der Waals surface area (Å²) in [5.74, 6) is 0.861. The lowest BCUT2D eigenvalue weighted by Crippen LogP contribution is -2.41. The van der Waals surface area contributed by atoms with Crippen LogP contribution in [0.15, 0.2) is 30.3 Å². The van der Waals surface area contributed by atoms with Crippen LogP contribution in [0.25, 0.3) is 0 Å². The van der Waals surface area contributed by atoms with Crippen molar-refractivity contribution in [2.24, 2.45) is 11.3 Å². The summed E-state index contributed by atoms with van der Waals surface area (Å²) in [5.41, 5.74) is 2.80. The first kappa shape index (κ1) is 13.2. The topological polar surface area (TPSA) is 0 Å². The van der Waals surface area contributed by atoms with E-state index < -0.39 is 0 Å². The van der Waals surface area contributed by atoms with Gasteiger partial charge in [0.1, 0.15) is 0 Å². The number of hydrogen-bond acceptors (Lipinski definition) is 0. The van der Waals surface area contributed by atoms with Crippen molar-refractivity contribution in [3.63, 3.8) is 0 Å². The molecule has 3 aliphatic rings. The van der Waals surface area contributed by atoms with E-state index in [0.717, 1.165) is 5.92 Å². The van der Waals surface area contributed by atoms with Gasteiger partial charge in [0.25, 0.3) is 0 Å². The average Bonchev–Trinajstić information content (AvgIpc) is 2.41. The minimum atomic E-state index is 0.514. The third-order valence-electron chi connectivity index (χ3n) is 6.39. The smallest absolute Gasteiger partial charge is 0.00466 e. The molecule has 0 nitrogen and oxygen atoms in total. The van der Waals surface area contributed by atoms with Gasteiger partial charge >= 0.3 is 0 Å². The molecule has 0 aliphatic heterocycles. The summed E-state index contributed by atoms with van der Waals surface area (Å²) >= 11 is 0. The minimum Gasteiger partial charge on any atom is -0.0622 e. The van der Waals surface area contributed by atoms with E-state index in [0.29, 0.717) is 10.8 Å². The van der Waals surface area contributed by atoms with Gasteiger partial charge in [-0.1, -0.05) is 57.0 Å². The first-order chi connectivity index (χ1) is 9.17. The van der Waals surface area contributed by atoms with Crippen LogP contribution in [0.2, 0.25) is 0 Å². The van der Waals surface area contributed by atoms with Crippen molar-refractivity contribution in [3.05, 3.63) is 35.9 Å². The van der Waals surface area contributed by atoms with E-state index in [1.54, 1.807) is 5.56 Å². The summed E-state index contributed by atoms with van der Waals surface area (Å²) in [6.45, 7) is 4.91. The molecule has 0 amide bonds. The number of fused-ring (bicyclic) bond motifs is 5. The molecule has 3 saturated carbocycles. The van der Waals surface area contributed by atoms with Crippen molar-refractivity contribution in [3.8, 4) is 0 Å². The highest BCUT2D eigenvalue weighted by atomic mass is 14.5. The summed E-state index contributed by atoms with van der Waals surface area (Å²) < 4.78 is 0. The molecule has 0 aromatic heterocycles. The normalized spacial score (nSPS) is 35.1.